The molecule has 0 bridgehead atoms. The van der Waals surface area contributed by atoms with Gasteiger partial charge in [-0.05, 0) is 25.0 Å². The van der Waals surface area contributed by atoms with E-state index in [-0.39, 0.29) is 23.3 Å². The Kier molecular flexibility index (Phi) is 4.16. The number of rotatable bonds is 3. The number of hydrogen-bond acceptors (Lipinski definition) is 4. The molecule has 1 aliphatic heterocycles. The van der Waals surface area contributed by atoms with Crippen LogP contribution in [0.25, 0.3) is 0 Å². The number of nitrogens with one attached hydrogen (secondary N) is 1. The molecule has 1 atom stereocenters. The van der Waals surface area contributed by atoms with Crippen LogP contribution >= 0.6 is 0 Å². The van der Waals surface area contributed by atoms with Crippen LogP contribution in [-0.4, -0.2) is 43.8 Å². The molecule has 0 saturated carbocycles. The van der Waals surface area contributed by atoms with Crippen LogP contribution in [0.15, 0.2) is 29.4 Å². The van der Waals surface area contributed by atoms with Crippen LogP contribution in [0.1, 0.15) is 12.8 Å². The molecule has 2 heterocycles. The van der Waals surface area contributed by atoms with E-state index >= 15 is 0 Å². The first kappa shape index (κ1) is 14.0. The highest BCUT2D eigenvalue weighted by atomic mass is 32.2. The molecule has 1 aromatic rings. The van der Waals surface area contributed by atoms with Gasteiger partial charge in [0.1, 0.15) is 4.90 Å². The van der Waals surface area contributed by atoms with Gasteiger partial charge in [0.2, 0.25) is 15.9 Å². The molecule has 0 radical (unpaired) electrons. The van der Waals surface area contributed by atoms with Gasteiger partial charge < -0.3 is 5.32 Å². The molecular formula is C12H17N3O3S. The van der Waals surface area contributed by atoms with Gasteiger partial charge in [-0.15, -0.1) is 0 Å². The number of sulfonamides is 1. The number of aromatic nitrogens is 1. The molecule has 6 nitrogen and oxygen atoms in total. The fourth-order valence-corrected chi connectivity index (χ4v) is 3.72. The van der Waals surface area contributed by atoms with Crippen molar-refractivity contribution >= 4 is 15.9 Å². The third-order valence-corrected chi connectivity index (χ3v) is 5.12. The van der Waals surface area contributed by atoms with Crippen LogP contribution in [0.2, 0.25) is 0 Å². The van der Waals surface area contributed by atoms with Crippen molar-refractivity contribution in [3.05, 3.63) is 24.5 Å². The maximum atomic E-state index is 12.4. The highest BCUT2D eigenvalue weighted by molar-refractivity contribution is 7.89. The smallest absolute Gasteiger partial charge is 0.244 e. The number of amides is 1. The fraction of sp³-hybridized carbons (Fsp3) is 0.500. The lowest BCUT2D eigenvalue weighted by atomic mass is 9.99. The third-order valence-electron chi connectivity index (χ3n) is 3.27. The van der Waals surface area contributed by atoms with Crippen LogP contribution < -0.4 is 5.32 Å². The van der Waals surface area contributed by atoms with Crippen LogP contribution in [0.4, 0.5) is 0 Å². The van der Waals surface area contributed by atoms with E-state index in [0.717, 1.165) is 6.42 Å². The van der Waals surface area contributed by atoms with E-state index in [1.54, 1.807) is 13.1 Å². The maximum absolute atomic E-state index is 12.4. The second-order valence-corrected chi connectivity index (χ2v) is 6.44. The molecular weight excluding hydrogens is 266 g/mol. The van der Waals surface area contributed by atoms with Crippen LogP contribution in [0.3, 0.4) is 0 Å². The van der Waals surface area contributed by atoms with Gasteiger partial charge in [0.25, 0.3) is 0 Å². The average molecular weight is 283 g/mol. The van der Waals surface area contributed by atoms with Gasteiger partial charge in [0.15, 0.2) is 0 Å². The van der Waals surface area contributed by atoms with Gasteiger partial charge in [-0.1, -0.05) is 0 Å². The van der Waals surface area contributed by atoms with E-state index in [4.69, 9.17) is 0 Å². The quantitative estimate of drug-likeness (QED) is 0.861. The molecule has 1 amide bonds. The predicted molar refractivity (Wildman–Crippen MR) is 69.8 cm³/mol. The van der Waals surface area contributed by atoms with E-state index < -0.39 is 10.0 Å². The molecule has 2 rings (SSSR count). The summed E-state index contributed by atoms with van der Waals surface area (Å²) in [5, 5.41) is 2.57. The minimum Gasteiger partial charge on any atom is -0.359 e. The first-order valence-corrected chi connectivity index (χ1v) is 7.61. The van der Waals surface area contributed by atoms with E-state index in [2.05, 4.69) is 10.3 Å². The second-order valence-electron chi connectivity index (χ2n) is 4.51. The minimum absolute atomic E-state index is 0.105. The van der Waals surface area contributed by atoms with Crippen molar-refractivity contribution in [2.45, 2.75) is 17.7 Å². The summed E-state index contributed by atoms with van der Waals surface area (Å²) < 4.78 is 26.2. The zero-order valence-corrected chi connectivity index (χ0v) is 11.6. The van der Waals surface area contributed by atoms with Crippen molar-refractivity contribution in [3.8, 4) is 0 Å². The van der Waals surface area contributed by atoms with Crippen LogP contribution in [0.5, 0.6) is 0 Å². The first-order valence-electron chi connectivity index (χ1n) is 6.17. The summed E-state index contributed by atoms with van der Waals surface area (Å²) in [6.45, 7) is 0.682. The van der Waals surface area contributed by atoms with Gasteiger partial charge in [0.05, 0.1) is 5.92 Å². The van der Waals surface area contributed by atoms with Gasteiger partial charge >= 0.3 is 0 Å². The Morgan fingerprint density at radius 2 is 2.32 bits per heavy atom. The highest BCUT2D eigenvalue weighted by Crippen LogP contribution is 2.23. The summed E-state index contributed by atoms with van der Waals surface area (Å²) in [6, 6.07) is 3.11. The Bertz CT molecular complexity index is 545. The highest BCUT2D eigenvalue weighted by Gasteiger charge is 2.32. The Balaban J connectivity index is 2.20. The topological polar surface area (TPSA) is 79.4 Å². The molecule has 0 aliphatic carbocycles. The lowest BCUT2D eigenvalue weighted by molar-refractivity contribution is -0.125. The number of pyridine rings is 1. The molecule has 7 heteroatoms. The summed E-state index contributed by atoms with van der Waals surface area (Å²) in [6.07, 6.45) is 4.28. The number of nitrogens with zero attached hydrogens (tertiary/aromatic N) is 2. The number of carbonyl (C=O) groups excluding carboxylic acids is 1. The SMILES string of the molecule is CNC(=O)[C@@H]1CCCN(S(=O)(=O)c2cccnc2)C1. The summed E-state index contributed by atoms with van der Waals surface area (Å²) in [7, 11) is -1.98. The van der Waals surface area contributed by atoms with E-state index in [9.17, 15) is 13.2 Å². The molecule has 1 N–H and O–H groups in total. The lowest BCUT2D eigenvalue weighted by Gasteiger charge is -2.30. The van der Waals surface area contributed by atoms with E-state index in [1.165, 1.54) is 22.8 Å². The molecule has 0 aromatic carbocycles. The molecule has 1 aromatic heterocycles. The van der Waals surface area contributed by atoms with Crippen molar-refractivity contribution in [2.75, 3.05) is 20.1 Å². The normalized spacial score (nSPS) is 21.0. The molecule has 0 unspecified atom stereocenters. The second kappa shape index (κ2) is 5.66. The lowest BCUT2D eigenvalue weighted by Crippen LogP contribution is -2.44. The number of piperidine rings is 1. The van der Waals surface area contributed by atoms with Crippen LogP contribution in [-0.2, 0) is 14.8 Å². The van der Waals surface area contributed by atoms with E-state index in [0.29, 0.717) is 13.0 Å². The maximum Gasteiger partial charge on any atom is 0.244 e. The third kappa shape index (κ3) is 2.93. The summed E-state index contributed by atoms with van der Waals surface area (Å²) >= 11 is 0. The fourth-order valence-electron chi connectivity index (χ4n) is 2.23. The van der Waals surface area contributed by atoms with Crippen molar-refractivity contribution in [2.24, 2.45) is 5.92 Å². The van der Waals surface area contributed by atoms with E-state index in [1.807, 2.05) is 0 Å². The predicted octanol–water partition coefficient (Wildman–Crippen LogP) is 0.228. The molecule has 1 fully saturated rings. The summed E-state index contributed by atoms with van der Waals surface area (Å²) in [5.41, 5.74) is 0. The Labute approximate surface area is 112 Å². The largest absolute Gasteiger partial charge is 0.359 e. The molecule has 1 aliphatic rings. The number of carbonyl (C=O) groups is 1. The first-order chi connectivity index (χ1) is 9.05. The van der Waals surface area contributed by atoms with Crippen molar-refractivity contribution in [3.63, 3.8) is 0 Å². The van der Waals surface area contributed by atoms with Crippen molar-refractivity contribution < 1.29 is 13.2 Å². The zero-order valence-electron chi connectivity index (χ0n) is 10.7. The van der Waals surface area contributed by atoms with Gasteiger partial charge in [-0.3, -0.25) is 9.78 Å². The summed E-state index contributed by atoms with van der Waals surface area (Å²) in [5.74, 6) is -0.378. The number of hydrogen-bond donors (Lipinski definition) is 1. The average Bonchev–Trinajstić information content (AvgIpc) is 2.47. The van der Waals surface area contributed by atoms with Crippen molar-refractivity contribution in [1.82, 2.24) is 14.6 Å². The van der Waals surface area contributed by atoms with Gasteiger partial charge in [-0.2, -0.15) is 4.31 Å². The Hall–Kier alpha value is -1.47. The monoisotopic (exact) mass is 283 g/mol. The summed E-state index contributed by atoms with van der Waals surface area (Å²) in [4.78, 5) is 15.6. The van der Waals surface area contributed by atoms with Crippen molar-refractivity contribution in [1.29, 1.82) is 0 Å². The minimum atomic E-state index is -3.55. The van der Waals surface area contributed by atoms with Crippen LogP contribution in [0, 0.1) is 5.92 Å². The standard InChI is InChI=1S/C12H17N3O3S/c1-13-12(16)10-4-3-7-15(9-10)19(17,18)11-5-2-6-14-8-11/h2,5-6,8,10H,3-4,7,9H2,1H3,(H,13,16)/t10-/m1/s1. The molecule has 104 valence electrons. The van der Waals surface area contributed by atoms with Gasteiger partial charge in [-0.25, -0.2) is 8.42 Å². The zero-order chi connectivity index (χ0) is 13.9. The molecule has 0 spiro atoms. The Morgan fingerprint density at radius 3 is 2.95 bits per heavy atom. The molecule has 19 heavy (non-hydrogen) atoms. The van der Waals surface area contributed by atoms with Gasteiger partial charge in [0, 0.05) is 32.5 Å². The molecule has 1 saturated heterocycles. The Morgan fingerprint density at radius 1 is 1.53 bits per heavy atom.